The van der Waals surface area contributed by atoms with Crippen LogP contribution < -0.4 is 5.32 Å². The zero-order valence-corrected chi connectivity index (χ0v) is 11.2. The van der Waals surface area contributed by atoms with Gasteiger partial charge >= 0.3 is 0 Å². The summed E-state index contributed by atoms with van der Waals surface area (Å²) in [5.41, 5.74) is 1.44. The van der Waals surface area contributed by atoms with Crippen LogP contribution in [0.25, 0.3) is 10.2 Å². The van der Waals surface area contributed by atoms with Crippen LogP contribution in [-0.2, 0) is 0 Å². The van der Waals surface area contributed by atoms with Crippen molar-refractivity contribution in [3.8, 4) is 6.07 Å². The first kappa shape index (κ1) is 11.9. The topological polar surface area (TPSA) is 61.6 Å². The average molecular weight is 287 g/mol. The van der Waals surface area contributed by atoms with E-state index in [1.165, 1.54) is 11.3 Å². The minimum Gasteiger partial charge on any atom is -0.316 e. The lowest BCUT2D eigenvalue weighted by Crippen LogP contribution is -1.92. The fourth-order valence-electron chi connectivity index (χ4n) is 1.63. The van der Waals surface area contributed by atoms with Crippen molar-refractivity contribution in [1.82, 2.24) is 9.97 Å². The predicted octanol–water partition coefficient (Wildman–Crippen LogP) is 3.96. The van der Waals surface area contributed by atoms with E-state index in [1.54, 1.807) is 18.3 Å². The molecule has 92 valence electrons. The number of nitriles is 1. The van der Waals surface area contributed by atoms with Gasteiger partial charge in [0.25, 0.3) is 0 Å². The molecule has 2 aromatic heterocycles. The molecule has 3 aromatic rings. The number of thiazole rings is 1. The van der Waals surface area contributed by atoms with E-state index in [4.69, 9.17) is 16.9 Å². The van der Waals surface area contributed by atoms with Crippen molar-refractivity contribution in [3.05, 3.63) is 47.1 Å². The van der Waals surface area contributed by atoms with Gasteiger partial charge < -0.3 is 5.32 Å². The number of hydrogen-bond acceptors (Lipinski definition) is 5. The van der Waals surface area contributed by atoms with Crippen molar-refractivity contribution >= 4 is 44.1 Å². The Labute approximate surface area is 118 Å². The highest BCUT2D eigenvalue weighted by Gasteiger charge is 2.05. The van der Waals surface area contributed by atoms with E-state index in [0.717, 1.165) is 15.3 Å². The van der Waals surface area contributed by atoms with E-state index in [9.17, 15) is 0 Å². The molecule has 0 aliphatic rings. The lowest BCUT2D eigenvalue weighted by molar-refractivity contribution is 1.28. The molecule has 6 heteroatoms. The molecule has 0 fully saturated rings. The van der Waals surface area contributed by atoms with E-state index in [-0.39, 0.29) is 0 Å². The van der Waals surface area contributed by atoms with Gasteiger partial charge in [-0.3, -0.25) is 0 Å². The molecule has 0 saturated carbocycles. The van der Waals surface area contributed by atoms with Crippen LogP contribution in [0, 0.1) is 11.3 Å². The van der Waals surface area contributed by atoms with Gasteiger partial charge in [-0.05, 0) is 30.3 Å². The van der Waals surface area contributed by atoms with Crippen LogP contribution in [0.2, 0.25) is 5.02 Å². The molecule has 1 N–H and O–H groups in total. The van der Waals surface area contributed by atoms with Crippen LogP contribution in [0.4, 0.5) is 10.9 Å². The Morgan fingerprint density at radius 2 is 2.16 bits per heavy atom. The van der Waals surface area contributed by atoms with E-state index in [1.807, 2.05) is 18.2 Å². The van der Waals surface area contributed by atoms with Gasteiger partial charge in [0, 0.05) is 11.2 Å². The molecule has 0 unspecified atom stereocenters. The van der Waals surface area contributed by atoms with Gasteiger partial charge in [-0.1, -0.05) is 22.9 Å². The molecule has 1 aromatic carbocycles. The molecule has 0 bridgehead atoms. The van der Waals surface area contributed by atoms with Crippen LogP contribution in [0.3, 0.4) is 0 Å². The summed E-state index contributed by atoms with van der Waals surface area (Å²) in [5.74, 6) is 0.601. The summed E-state index contributed by atoms with van der Waals surface area (Å²) in [6.07, 6.45) is 1.59. The number of anilines is 2. The fourth-order valence-corrected chi connectivity index (χ4v) is 2.78. The van der Waals surface area contributed by atoms with Crippen molar-refractivity contribution in [2.45, 2.75) is 0 Å². The zero-order valence-electron chi connectivity index (χ0n) is 9.59. The van der Waals surface area contributed by atoms with Crippen LogP contribution in [0.1, 0.15) is 5.56 Å². The number of nitrogens with zero attached hydrogens (tertiary/aromatic N) is 3. The molecule has 4 nitrogen and oxygen atoms in total. The highest BCUT2D eigenvalue weighted by atomic mass is 35.5. The van der Waals surface area contributed by atoms with Gasteiger partial charge in [-0.2, -0.15) is 5.26 Å². The minimum absolute atomic E-state index is 0.557. The average Bonchev–Trinajstić information content (AvgIpc) is 2.80. The molecular weight excluding hydrogens is 280 g/mol. The number of pyridine rings is 1. The molecule has 0 aliphatic carbocycles. The molecule has 0 aliphatic heterocycles. The van der Waals surface area contributed by atoms with E-state index in [2.05, 4.69) is 21.4 Å². The number of hydrogen-bond donors (Lipinski definition) is 1. The maximum atomic E-state index is 8.84. The van der Waals surface area contributed by atoms with Gasteiger partial charge in [-0.15, -0.1) is 0 Å². The highest BCUT2D eigenvalue weighted by molar-refractivity contribution is 7.22. The molecule has 0 radical (unpaired) electrons. The Morgan fingerprint density at radius 3 is 3.00 bits per heavy atom. The lowest BCUT2D eigenvalue weighted by Gasteiger charge is -2.00. The van der Waals surface area contributed by atoms with Gasteiger partial charge in [0.1, 0.15) is 5.82 Å². The first-order valence-corrected chi connectivity index (χ1v) is 6.63. The van der Waals surface area contributed by atoms with Crippen molar-refractivity contribution in [2.75, 3.05) is 5.32 Å². The highest BCUT2D eigenvalue weighted by Crippen LogP contribution is 2.29. The van der Waals surface area contributed by atoms with Gasteiger partial charge in [-0.25, -0.2) is 9.97 Å². The van der Waals surface area contributed by atoms with Crippen molar-refractivity contribution < 1.29 is 0 Å². The zero-order chi connectivity index (χ0) is 13.2. The lowest BCUT2D eigenvalue weighted by atomic mass is 10.3. The van der Waals surface area contributed by atoms with E-state index in [0.29, 0.717) is 16.4 Å². The third kappa shape index (κ3) is 2.50. The number of fused-ring (bicyclic) bond motifs is 1. The van der Waals surface area contributed by atoms with Crippen LogP contribution in [-0.4, -0.2) is 9.97 Å². The third-order valence-electron chi connectivity index (χ3n) is 2.47. The first-order chi connectivity index (χ1) is 9.24. The molecule has 3 rings (SSSR count). The Balaban J connectivity index is 1.94. The summed E-state index contributed by atoms with van der Waals surface area (Å²) in [7, 11) is 0. The Bertz CT molecular complexity index is 791. The smallest absolute Gasteiger partial charge is 0.189 e. The third-order valence-corrected chi connectivity index (χ3v) is 3.64. The molecule has 0 amide bonds. The summed E-state index contributed by atoms with van der Waals surface area (Å²) in [5, 5.41) is 13.3. The second-order valence-corrected chi connectivity index (χ2v) is 5.26. The van der Waals surface area contributed by atoms with Crippen molar-refractivity contribution in [2.24, 2.45) is 0 Å². The monoisotopic (exact) mass is 286 g/mol. The second kappa shape index (κ2) is 4.84. The number of halogens is 1. The van der Waals surface area contributed by atoms with Crippen molar-refractivity contribution in [1.29, 1.82) is 5.26 Å². The Morgan fingerprint density at radius 1 is 1.26 bits per heavy atom. The van der Waals surface area contributed by atoms with Gasteiger partial charge in [0.2, 0.25) is 0 Å². The normalized spacial score (nSPS) is 10.3. The fraction of sp³-hybridized carbons (Fsp3) is 0. The summed E-state index contributed by atoms with van der Waals surface area (Å²) < 4.78 is 1.01. The Kier molecular flexibility index (Phi) is 3.03. The molecule has 19 heavy (non-hydrogen) atoms. The maximum Gasteiger partial charge on any atom is 0.189 e. The minimum atomic E-state index is 0.557. The molecule has 0 spiro atoms. The maximum absolute atomic E-state index is 8.84. The van der Waals surface area contributed by atoms with Gasteiger partial charge in [0.05, 0.1) is 21.8 Å². The molecule has 2 heterocycles. The summed E-state index contributed by atoms with van der Waals surface area (Å²) in [6, 6.07) is 11.0. The standard InChI is InChI=1S/C13H7ClN4S/c14-9-1-2-10-11(6-9)19-13(17-10)18-12-5-8(7-15)3-4-16-12/h1-6H,(H,16,17,18). The number of benzene rings is 1. The molecule has 0 saturated heterocycles. The number of rotatable bonds is 2. The number of aromatic nitrogens is 2. The van der Waals surface area contributed by atoms with Crippen LogP contribution >= 0.6 is 22.9 Å². The van der Waals surface area contributed by atoms with Crippen LogP contribution in [0.5, 0.6) is 0 Å². The SMILES string of the molecule is N#Cc1ccnc(Nc2nc3ccc(Cl)cc3s2)c1. The molecule has 0 atom stereocenters. The summed E-state index contributed by atoms with van der Waals surface area (Å²) >= 11 is 7.43. The Hall–Kier alpha value is -2.16. The summed E-state index contributed by atoms with van der Waals surface area (Å²) in [6.45, 7) is 0. The van der Waals surface area contributed by atoms with E-state index >= 15 is 0 Å². The van der Waals surface area contributed by atoms with Crippen LogP contribution in [0.15, 0.2) is 36.5 Å². The number of nitrogens with one attached hydrogen (secondary N) is 1. The largest absolute Gasteiger partial charge is 0.316 e. The summed E-state index contributed by atoms with van der Waals surface area (Å²) in [4.78, 5) is 8.58. The molecular formula is C13H7ClN4S. The van der Waals surface area contributed by atoms with Gasteiger partial charge in [0.15, 0.2) is 5.13 Å². The quantitative estimate of drug-likeness (QED) is 0.774. The first-order valence-electron chi connectivity index (χ1n) is 5.44. The van der Waals surface area contributed by atoms with E-state index < -0.39 is 0 Å². The second-order valence-electron chi connectivity index (χ2n) is 3.80. The van der Waals surface area contributed by atoms with Crippen molar-refractivity contribution in [3.63, 3.8) is 0 Å². The predicted molar refractivity (Wildman–Crippen MR) is 76.9 cm³/mol.